The molecule has 0 bridgehead atoms. The number of hydrogen-bond acceptors (Lipinski definition) is 4. The van der Waals surface area contributed by atoms with Gasteiger partial charge in [0.25, 0.3) is 5.91 Å². The number of aryl methyl sites for hydroxylation is 2. The molecule has 2 aromatic rings. The first kappa shape index (κ1) is 17.0. The van der Waals surface area contributed by atoms with Crippen LogP contribution in [0.2, 0.25) is 0 Å². The van der Waals surface area contributed by atoms with Crippen LogP contribution in [0.3, 0.4) is 0 Å². The number of nitrogens with one attached hydrogen (secondary N) is 1. The third-order valence-electron chi connectivity index (χ3n) is 4.32. The van der Waals surface area contributed by atoms with Gasteiger partial charge in [0.2, 0.25) is 5.89 Å². The fourth-order valence-corrected chi connectivity index (χ4v) is 3.39. The molecule has 0 aliphatic carbocycles. The number of hydrogen-bond donors (Lipinski definition) is 1. The van der Waals surface area contributed by atoms with E-state index in [4.69, 9.17) is 4.42 Å². The van der Waals surface area contributed by atoms with Gasteiger partial charge in [0.15, 0.2) is 5.58 Å². The van der Waals surface area contributed by atoms with E-state index in [1.165, 1.54) is 0 Å². The summed E-state index contributed by atoms with van der Waals surface area (Å²) < 4.78 is 6.89. The van der Waals surface area contributed by atoms with Crippen LogP contribution in [0.5, 0.6) is 0 Å². The van der Waals surface area contributed by atoms with E-state index >= 15 is 0 Å². The van der Waals surface area contributed by atoms with Crippen LogP contribution >= 0.6 is 15.9 Å². The van der Waals surface area contributed by atoms with E-state index in [1.807, 2.05) is 32.9 Å². The summed E-state index contributed by atoms with van der Waals surface area (Å²) in [6.45, 7) is 8.30. The van der Waals surface area contributed by atoms with Crippen LogP contribution in [0.15, 0.2) is 31.6 Å². The summed E-state index contributed by atoms with van der Waals surface area (Å²) in [5, 5.41) is 3.19. The molecule has 1 aliphatic heterocycles. The number of dihydropyridines is 1. The molecule has 5 nitrogen and oxygen atoms in total. The van der Waals surface area contributed by atoms with E-state index in [0.717, 1.165) is 44.4 Å². The lowest BCUT2D eigenvalue weighted by molar-refractivity contribution is -0.118. The monoisotopic (exact) mass is 389 g/mol. The second-order valence-corrected chi connectivity index (χ2v) is 6.88. The van der Waals surface area contributed by atoms with Gasteiger partial charge in [0, 0.05) is 10.2 Å². The number of oxazole rings is 1. The number of carbonyl (C=O) groups is 1. The number of amides is 1. The lowest BCUT2D eigenvalue weighted by Crippen LogP contribution is -2.37. The Hall–Kier alpha value is -1.79. The Morgan fingerprint density at radius 3 is 2.79 bits per heavy atom. The number of carbonyl (C=O) groups excluding carboxylic acids is 1. The van der Waals surface area contributed by atoms with Gasteiger partial charge in [-0.3, -0.25) is 10.1 Å². The van der Waals surface area contributed by atoms with Gasteiger partial charge in [-0.2, -0.15) is 0 Å². The van der Waals surface area contributed by atoms with Crippen molar-refractivity contribution >= 4 is 38.6 Å². The van der Waals surface area contributed by atoms with Crippen LogP contribution in [0.4, 0.5) is 0 Å². The Labute approximate surface area is 149 Å². The first-order chi connectivity index (χ1) is 11.4. The van der Waals surface area contributed by atoms with Crippen molar-refractivity contribution in [1.29, 1.82) is 0 Å². The van der Waals surface area contributed by atoms with Crippen molar-refractivity contribution in [2.75, 3.05) is 0 Å². The van der Waals surface area contributed by atoms with Crippen LogP contribution in [0, 0.1) is 13.8 Å². The standard InChI is InChI=1S/C18H20BrN3O2/c1-5-12-7-14(18(23)21-11(12)4)20-8-15-22-16-10(3)13(19)6-9(2)17(16)24-15/h6-7,14,20H,5,8H2,1-4H3. The molecule has 1 atom stereocenters. The Morgan fingerprint density at radius 1 is 1.33 bits per heavy atom. The molecular formula is C18H20BrN3O2. The number of halogens is 1. The molecule has 0 radical (unpaired) electrons. The van der Waals surface area contributed by atoms with Crippen molar-refractivity contribution in [2.24, 2.45) is 4.99 Å². The van der Waals surface area contributed by atoms with Gasteiger partial charge in [0.1, 0.15) is 11.6 Å². The van der Waals surface area contributed by atoms with Gasteiger partial charge in [-0.1, -0.05) is 28.9 Å². The number of fused-ring (bicyclic) bond motifs is 1. The van der Waals surface area contributed by atoms with Crippen LogP contribution < -0.4 is 5.32 Å². The molecule has 1 N–H and O–H groups in total. The zero-order valence-electron chi connectivity index (χ0n) is 14.2. The third-order valence-corrected chi connectivity index (χ3v) is 5.14. The zero-order chi connectivity index (χ0) is 17.4. The van der Waals surface area contributed by atoms with E-state index in [9.17, 15) is 4.79 Å². The Balaban J connectivity index is 1.82. The molecule has 126 valence electrons. The average Bonchev–Trinajstić information content (AvgIpc) is 2.97. The predicted octanol–water partition coefficient (Wildman–Crippen LogP) is 4.00. The van der Waals surface area contributed by atoms with Crippen LogP contribution in [0.1, 0.15) is 37.3 Å². The van der Waals surface area contributed by atoms with E-state index in [2.05, 4.69) is 38.1 Å². The number of rotatable bonds is 4. The Bertz CT molecular complexity index is 880. The maximum absolute atomic E-state index is 12.1. The van der Waals surface area contributed by atoms with E-state index in [-0.39, 0.29) is 5.91 Å². The number of aromatic nitrogens is 1. The first-order valence-corrected chi connectivity index (χ1v) is 8.78. The first-order valence-electron chi connectivity index (χ1n) is 7.99. The zero-order valence-corrected chi connectivity index (χ0v) is 15.8. The highest BCUT2D eigenvalue weighted by molar-refractivity contribution is 9.10. The summed E-state index contributed by atoms with van der Waals surface area (Å²) in [7, 11) is 0. The molecular weight excluding hydrogens is 370 g/mol. The summed E-state index contributed by atoms with van der Waals surface area (Å²) >= 11 is 3.54. The van der Waals surface area contributed by atoms with Gasteiger partial charge >= 0.3 is 0 Å². The maximum Gasteiger partial charge on any atom is 0.267 e. The van der Waals surface area contributed by atoms with Gasteiger partial charge in [-0.05, 0) is 50.0 Å². The average molecular weight is 390 g/mol. The van der Waals surface area contributed by atoms with Gasteiger partial charge in [-0.25, -0.2) is 9.98 Å². The quantitative estimate of drug-likeness (QED) is 0.857. The molecule has 0 saturated heterocycles. The lowest BCUT2D eigenvalue weighted by atomic mass is 10.0. The third kappa shape index (κ3) is 3.08. The second-order valence-electron chi connectivity index (χ2n) is 6.03. The van der Waals surface area contributed by atoms with Crippen LogP contribution in [-0.4, -0.2) is 22.6 Å². The fourth-order valence-electron chi connectivity index (χ4n) is 2.86. The Kier molecular flexibility index (Phi) is 4.69. The molecule has 0 spiro atoms. The van der Waals surface area contributed by atoms with Crippen molar-refractivity contribution in [3.63, 3.8) is 0 Å². The highest BCUT2D eigenvalue weighted by atomic mass is 79.9. The molecule has 6 heteroatoms. The van der Waals surface area contributed by atoms with E-state index in [1.54, 1.807) is 0 Å². The van der Waals surface area contributed by atoms with Crippen LogP contribution in [-0.2, 0) is 11.3 Å². The molecule has 1 aromatic heterocycles. The fraction of sp³-hybridized carbons (Fsp3) is 0.389. The molecule has 1 aromatic carbocycles. The molecule has 1 unspecified atom stereocenters. The molecule has 3 rings (SSSR count). The molecule has 1 aliphatic rings. The number of aliphatic imine (C=N–C) groups is 1. The van der Waals surface area contributed by atoms with Crippen molar-refractivity contribution in [1.82, 2.24) is 10.3 Å². The molecule has 1 amide bonds. The van der Waals surface area contributed by atoms with E-state index < -0.39 is 6.04 Å². The van der Waals surface area contributed by atoms with Crippen molar-refractivity contribution < 1.29 is 9.21 Å². The normalized spacial score (nSPS) is 18.0. The number of benzene rings is 1. The maximum atomic E-state index is 12.1. The molecule has 2 heterocycles. The topological polar surface area (TPSA) is 67.5 Å². The van der Waals surface area contributed by atoms with Crippen molar-refractivity contribution in [2.45, 2.75) is 46.7 Å². The minimum absolute atomic E-state index is 0.170. The van der Waals surface area contributed by atoms with Crippen LogP contribution in [0.25, 0.3) is 11.1 Å². The number of nitrogens with zero attached hydrogens (tertiary/aromatic N) is 2. The minimum Gasteiger partial charge on any atom is -0.439 e. The summed E-state index contributed by atoms with van der Waals surface area (Å²) in [5.41, 5.74) is 5.63. The minimum atomic E-state index is -0.424. The summed E-state index contributed by atoms with van der Waals surface area (Å²) in [6.07, 6.45) is 2.80. The SMILES string of the molecule is CCC1=CC(NCc2nc3c(C)c(Br)cc(C)c3o2)C(=O)N=C1C. The highest BCUT2D eigenvalue weighted by Gasteiger charge is 2.22. The van der Waals surface area contributed by atoms with Gasteiger partial charge in [0.05, 0.1) is 6.54 Å². The molecule has 0 saturated carbocycles. The van der Waals surface area contributed by atoms with E-state index in [0.29, 0.717) is 12.4 Å². The molecule has 24 heavy (non-hydrogen) atoms. The van der Waals surface area contributed by atoms with Crippen molar-refractivity contribution in [3.8, 4) is 0 Å². The molecule has 0 fully saturated rings. The largest absolute Gasteiger partial charge is 0.439 e. The van der Waals surface area contributed by atoms with Gasteiger partial charge in [-0.15, -0.1) is 0 Å². The summed E-state index contributed by atoms with van der Waals surface area (Å²) in [6, 6.07) is 1.60. The Morgan fingerprint density at radius 2 is 2.08 bits per heavy atom. The van der Waals surface area contributed by atoms with Gasteiger partial charge < -0.3 is 4.42 Å². The lowest BCUT2D eigenvalue weighted by Gasteiger charge is -2.17. The summed E-state index contributed by atoms with van der Waals surface area (Å²) in [5.74, 6) is 0.399. The number of allylic oxidation sites excluding steroid dienone is 1. The van der Waals surface area contributed by atoms with Crippen molar-refractivity contribution in [3.05, 3.63) is 39.2 Å². The smallest absolute Gasteiger partial charge is 0.267 e. The second kappa shape index (κ2) is 6.61. The highest BCUT2D eigenvalue weighted by Crippen LogP contribution is 2.29. The summed E-state index contributed by atoms with van der Waals surface area (Å²) in [4.78, 5) is 20.7. The predicted molar refractivity (Wildman–Crippen MR) is 98.3 cm³/mol.